The molecular formula is C11H11BrN2. The molecule has 0 N–H and O–H groups in total. The molecule has 0 bridgehead atoms. The zero-order chi connectivity index (χ0) is 9.97. The fourth-order valence-electron chi connectivity index (χ4n) is 1.35. The maximum atomic E-state index is 4.25. The summed E-state index contributed by atoms with van der Waals surface area (Å²) in [5.41, 5.74) is 2.44. The SMILES string of the molecule is Cc1cnn(Cc2ccccc2Br)c1. The molecule has 0 aliphatic carbocycles. The van der Waals surface area contributed by atoms with Crippen LogP contribution in [0.3, 0.4) is 0 Å². The van der Waals surface area contributed by atoms with E-state index in [-0.39, 0.29) is 0 Å². The van der Waals surface area contributed by atoms with Gasteiger partial charge in [0.15, 0.2) is 0 Å². The van der Waals surface area contributed by atoms with Crippen molar-refractivity contribution < 1.29 is 0 Å². The molecule has 0 atom stereocenters. The Balaban J connectivity index is 2.23. The van der Waals surface area contributed by atoms with Crippen LogP contribution < -0.4 is 0 Å². The maximum Gasteiger partial charge on any atom is 0.0670 e. The smallest absolute Gasteiger partial charge is 0.0670 e. The number of aromatic nitrogens is 2. The molecule has 0 aliphatic rings. The summed E-state index contributed by atoms with van der Waals surface area (Å²) in [6.07, 6.45) is 3.91. The molecule has 72 valence electrons. The van der Waals surface area contributed by atoms with Gasteiger partial charge < -0.3 is 0 Å². The lowest BCUT2D eigenvalue weighted by molar-refractivity contribution is 0.684. The van der Waals surface area contributed by atoms with E-state index in [1.54, 1.807) is 0 Å². The van der Waals surface area contributed by atoms with Crippen LogP contribution in [0.5, 0.6) is 0 Å². The molecule has 1 heterocycles. The number of aryl methyl sites for hydroxylation is 1. The third-order valence-corrected chi connectivity index (χ3v) is 2.83. The number of halogens is 1. The summed E-state index contributed by atoms with van der Waals surface area (Å²) in [5.74, 6) is 0. The fourth-order valence-corrected chi connectivity index (χ4v) is 1.76. The van der Waals surface area contributed by atoms with Crippen molar-refractivity contribution in [2.75, 3.05) is 0 Å². The monoisotopic (exact) mass is 250 g/mol. The standard InChI is InChI=1S/C11H11BrN2/c1-9-6-13-14(7-9)8-10-4-2-3-5-11(10)12/h2-7H,8H2,1H3. The Hall–Kier alpha value is -1.09. The normalized spacial score (nSPS) is 10.4. The molecule has 0 saturated heterocycles. The fraction of sp³-hybridized carbons (Fsp3) is 0.182. The topological polar surface area (TPSA) is 17.8 Å². The highest BCUT2D eigenvalue weighted by Gasteiger charge is 2.00. The highest BCUT2D eigenvalue weighted by Crippen LogP contribution is 2.16. The van der Waals surface area contributed by atoms with Crippen LogP contribution >= 0.6 is 15.9 Å². The summed E-state index contributed by atoms with van der Waals surface area (Å²) in [7, 11) is 0. The van der Waals surface area contributed by atoms with Crippen LogP contribution in [-0.4, -0.2) is 9.78 Å². The van der Waals surface area contributed by atoms with Gasteiger partial charge in [0.1, 0.15) is 0 Å². The summed E-state index contributed by atoms with van der Waals surface area (Å²) in [6.45, 7) is 2.86. The highest BCUT2D eigenvalue weighted by atomic mass is 79.9. The molecule has 0 saturated carbocycles. The van der Waals surface area contributed by atoms with Crippen LogP contribution in [0.2, 0.25) is 0 Å². The molecule has 14 heavy (non-hydrogen) atoms. The van der Waals surface area contributed by atoms with Crippen molar-refractivity contribution in [2.24, 2.45) is 0 Å². The van der Waals surface area contributed by atoms with Gasteiger partial charge in [-0.1, -0.05) is 34.1 Å². The van der Waals surface area contributed by atoms with E-state index in [4.69, 9.17) is 0 Å². The van der Waals surface area contributed by atoms with Crippen molar-refractivity contribution in [3.8, 4) is 0 Å². The van der Waals surface area contributed by atoms with Crippen LogP contribution in [0, 0.1) is 6.92 Å². The molecular weight excluding hydrogens is 240 g/mol. The summed E-state index contributed by atoms with van der Waals surface area (Å²) in [4.78, 5) is 0. The molecule has 0 spiro atoms. The van der Waals surface area contributed by atoms with E-state index in [1.165, 1.54) is 11.1 Å². The minimum absolute atomic E-state index is 0.815. The quantitative estimate of drug-likeness (QED) is 0.802. The summed E-state index contributed by atoms with van der Waals surface area (Å²) in [6, 6.07) is 8.20. The number of hydrogen-bond acceptors (Lipinski definition) is 1. The molecule has 2 nitrogen and oxygen atoms in total. The highest BCUT2D eigenvalue weighted by molar-refractivity contribution is 9.10. The molecule has 0 amide bonds. The molecule has 0 aliphatic heterocycles. The van der Waals surface area contributed by atoms with Gasteiger partial charge in [0.05, 0.1) is 12.7 Å². The Labute approximate surface area is 91.7 Å². The molecule has 0 radical (unpaired) electrons. The van der Waals surface area contributed by atoms with Crippen molar-refractivity contribution in [1.29, 1.82) is 0 Å². The second-order valence-corrected chi connectivity index (χ2v) is 4.16. The van der Waals surface area contributed by atoms with Crippen molar-refractivity contribution in [1.82, 2.24) is 9.78 Å². The lowest BCUT2D eigenvalue weighted by Crippen LogP contribution is -2.00. The van der Waals surface area contributed by atoms with Crippen molar-refractivity contribution in [2.45, 2.75) is 13.5 Å². The predicted molar refractivity (Wildman–Crippen MR) is 60.2 cm³/mol. The minimum Gasteiger partial charge on any atom is -0.268 e. The van der Waals surface area contributed by atoms with Crippen LogP contribution in [-0.2, 0) is 6.54 Å². The average molecular weight is 251 g/mol. The van der Waals surface area contributed by atoms with Gasteiger partial charge >= 0.3 is 0 Å². The third kappa shape index (κ3) is 2.04. The minimum atomic E-state index is 0.815. The first kappa shape index (κ1) is 9.46. The second kappa shape index (κ2) is 3.96. The Morgan fingerprint density at radius 3 is 2.79 bits per heavy atom. The molecule has 0 unspecified atom stereocenters. The van der Waals surface area contributed by atoms with E-state index in [2.05, 4.69) is 27.1 Å². The lowest BCUT2D eigenvalue weighted by Gasteiger charge is -2.03. The van der Waals surface area contributed by atoms with Crippen molar-refractivity contribution in [3.63, 3.8) is 0 Å². The summed E-state index contributed by atoms with van der Waals surface area (Å²) < 4.78 is 3.07. The molecule has 2 aromatic rings. The van der Waals surface area contributed by atoms with Crippen molar-refractivity contribution >= 4 is 15.9 Å². The van der Waals surface area contributed by atoms with Gasteiger partial charge in [-0.05, 0) is 24.1 Å². The third-order valence-electron chi connectivity index (χ3n) is 2.05. The zero-order valence-corrected chi connectivity index (χ0v) is 9.53. The predicted octanol–water partition coefficient (Wildman–Crippen LogP) is 3.00. The van der Waals surface area contributed by atoms with Crippen LogP contribution in [0.25, 0.3) is 0 Å². The molecule has 0 fully saturated rings. The van der Waals surface area contributed by atoms with E-state index in [9.17, 15) is 0 Å². The Kier molecular flexibility index (Phi) is 2.68. The Morgan fingerprint density at radius 1 is 1.36 bits per heavy atom. The lowest BCUT2D eigenvalue weighted by atomic mass is 10.2. The molecule has 2 rings (SSSR count). The largest absolute Gasteiger partial charge is 0.268 e. The van der Waals surface area contributed by atoms with E-state index in [0.717, 1.165) is 11.0 Å². The first-order valence-corrected chi connectivity index (χ1v) is 5.27. The van der Waals surface area contributed by atoms with E-state index < -0.39 is 0 Å². The average Bonchev–Trinajstić information content (AvgIpc) is 2.56. The molecule has 1 aromatic heterocycles. The van der Waals surface area contributed by atoms with E-state index in [0.29, 0.717) is 0 Å². The maximum absolute atomic E-state index is 4.25. The van der Waals surface area contributed by atoms with E-state index >= 15 is 0 Å². The molecule has 1 aromatic carbocycles. The Bertz CT molecular complexity index is 434. The first-order valence-electron chi connectivity index (χ1n) is 4.48. The van der Waals surface area contributed by atoms with Gasteiger partial charge in [-0.3, -0.25) is 4.68 Å². The zero-order valence-electron chi connectivity index (χ0n) is 7.94. The van der Waals surface area contributed by atoms with Gasteiger partial charge in [0, 0.05) is 10.7 Å². The second-order valence-electron chi connectivity index (χ2n) is 3.31. The summed E-state index contributed by atoms with van der Waals surface area (Å²) in [5, 5.41) is 4.25. The van der Waals surface area contributed by atoms with Gasteiger partial charge in [-0.2, -0.15) is 5.10 Å². The molecule has 3 heteroatoms. The van der Waals surface area contributed by atoms with Gasteiger partial charge in [-0.25, -0.2) is 0 Å². The van der Waals surface area contributed by atoms with Crippen LogP contribution in [0.15, 0.2) is 41.1 Å². The number of nitrogens with zero attached hydrogens (tertiary/aromatic N) is 2. The number of hydrogen-bond donors (Lipinski definition) is 0. The van der Waals surface area contributed by atoms with E-state index in [1.807, 2.05) is 42.2 Å². The first-order chi connectivity index (χ1) is 6.75. The van der Waals surface area contributed by atoms with Crippen LogP contribution in [0.1, 0.15) is 11.1 Å². The van der Waals surface area contributed by atoms with Gasteiger partial charge in [0.2, 0.25) is 0 Å². The summed E-state index contributed by atoms with van der Waals surface area (Å²) >= 11 is 3.52. The Morgan fingerprint density at radius 2 is 2.14 bits per heavy atom. The van der Waals surface area contributed by atoms with Gasteiger partial charge in [-0.15, -0.1) is 0 Å². The van der Waals surface area contributed by atoms with Crippen LogP contribution in [0.4, 0.5) is 0 Å². The van der Waals surface area contributed by atoms with Gasteiger partial charge in [0.25, 0.3) is 0 Å². The number of rotatable bonds is 2. The number of benzene rings is 1. The van der Waals surface area contributed by atoms with Crippen molar-refractivity contribution in [3.05, 3.63) is 52.3 Å².